The number of aliphatic imine (C=N–C) groups is 1. The zero-order valence-corrected chi connectivity index (χ0v) is 11.4. The highest BCUT2D eigenvalue weighted by Crippen LogP contribution is 2.18. The van der Waals surface area contributed by atoms with Crippen molar-refractivity contribution in [2.75, 3.05) is 13.1 Å². The van der Waals surface area contributed by atoms with Crippen LogP contribution in [0.15, 0.2) is 65.7 Å². The van der Waals surface area contributed by atoms with Gasteiger partial charge in [0.25, 0.3) is 0 Å². The molecule has 3 nitrogen and oxygen atoms in total. The second-order valence-electron chi connectivity index (χ2n) is 4.95. The Hall–Kier alpha value is -2.29. The molecule has 2 aromatic rings. The van der Waals surface area contributed by atoms with Gasteiger partial charge < -0.3 is 10.6 Å². The summed E-state index contributed by atoms with van der Waals surface area (Å²) in [5, 5.41) is 6.80. The van der Waals surface area contributed by atoms with Crippen molar-refractivity contribution in [3.8, 4) is 0 Å². The van der Waals surface area contributed by atoms with Gasteiger partial charge in [-0.2, -0.15) is 0 Å². The smallest absolute Gasteiger partial charge is 0.191 e. The molecule has 1 atom stereocenters. The van der Waals surface area contributed by atoms with Crippen molar-refractivity contribution in [1.29, 1.82) is 0 Å². The summed E-state index contributed by atoms with van der Waals surface area (Å²) in [6.45, 7) is 1.78. The average molecular weight is 265 g/mol. The molecule has 0 aliphatic carbocycles. The largest absolute Gasteiger partial charge is 0.355 e. The molecule has 0 bridgehead atoms. The van der Waals surface area contributed by atoms with Crippen LogP contribution in [0.25, 0.3) is 0 Å². The molecule has 20 heavy (non-hydrogen) atoms. The van der Waals surface area contributed by atoms with Crippen molar-refractivity contribution in [3.63, 3.8) is 0 Å². The molecule has 0 radical (unpaired) electrons. The molecule has 0 saturated carbocycles. The zero-order chi connectivity index (χ0) is 13.6. The molecule has 1 heterocycles. The van der Waals surface area contributed by atoms with E-state index in [-0.39, 0.29) is 6.04 Å². The Morgan fingerprint density at radius 1 is 1.00 bits per heavy atom. The Bertz CT molecular complexity index is 563. The van der Waals surface area contributed by atoms with Crippen molar-refractivity contribution in [2.24, 2.45) is 4.99 Å². The van der Waals surface area contributed by atoms with Gasteiger partial charge in [0.2, 0.25) is 0 Å². The highest BCUT2D eigenvalue weighted by atomic mass is 15.2. The third-order valence-electron chi connectivity index (χ3n) is 3.47. The van der Waals surface area contributed by atoms with Crippen LogP contribution in [0.4, 0.5) is 0 Å². The Kier molecular flexibility index (Phi) is 3.97. The maximum atomic E-state index is 4.44. The standard InChI is InChI=1S/C17H19N3/c1-3-7-14(8-4-1)13-16(15-9-5-2-6-10-15)20-17-18-11-12-19-17/h1-10,16H,11-13H2,(H2,18,19,20)/t16-/m0/s1. The fourth-order valence-electron chi connectivity index (χ4n) is 2.45. The summed E-state index contributed by atoms with van der Waals surface area (Å²) in [6, 6.07) is 21.3. The van der Waals surface area contributed by atoms with Crippen LogP contribution in [-0.4, -0.2) is 19.0 Å². The monoisotopic (exact) mass is 265 g/mol. The minimum absolute atomic E-state index is 0.239. The van der Waals surface area contributed by atoms with E-state index in [1.54, 1.807) is 0 Å². The van der Waals surface area contributed by atoms with Crippen molar-refractivity contribution in [3.05, 3.63) is 71.8 Å². The number of guanidine groups is 1. The third-order valence-corrected chi connectivity index (χ3v) is 3.47. The van der Waals surface area contributed by atoms with Crippen LogP contribution >= 0.6 is 0 Å². The van der Waals surface area contributed by atoms with Crippen LogP contribution in [-0.2, 0) is 6.42 Å². The molecule has 3 heteroatoms. The van der Waals surface area contributed by atoms with Gasteiger partial charge in [-0.05, 0) is 17.5 Å². The van der Waals surface area contributed by atoms with E-state index in [1.165, 1.54) is 11.1 Å². The van der Waals surface area contributed by atoms with Gasteiger partial charge in [-0.3, -0.25) is 4.99 Å². The molecule has 0 saturated heterocycles. The molecule has 1 aliphatic heterocycles. The van der Waals surface area contributed by atoms with Crippen LogP contribution in [0.2, 0.25) is 0 Å². The van der Waals surface area contributed by atoms with E-state index in [4.69, 9.17) is 0 Å². The second-order valence-corrected chi connectivity index (χ2v) is 4.95. The second kappa shape index (κ2) is 6.24. The first-order valence-corrected chi connectivity index (χ1v) is 7.05. The molecular weight excluding hydrogens is 246 g/mol. The van der Waals surface area contributed by atoms with E-state index in [9.17, 15) is 0 Å². The Morgan fingerprint density at radius 3 is 2.35 bits per heavy atom. The number of nitrogens with one attached hydrogen (secondary N) is 2. The molecule has 2 aromatic carbocycles. The molecular formula is C17H19N3. The summed E-state index contributed by atoms with van der Waals surface area (Å²) in [5.41, 5.74) is 2.61. The minimum atomic E-state index is 0.239. The first-order chi connectivity index (χ1) is 9.92. The summed E-state index contributed by atoms with van der Waals surface area (Å²) >= 11 is 0. The van der Waals surface area contributed by atoms with Gasteiger partial charge in [0, 0.05) is 6.54 Å². The van der Waals surface area contributed by atoms with Crippen molar-refractivity contribution in [2.45, 2.75) is 12.5 Å². The summed E-state index contributed by atoms with van der Waals surface area (Å²) in [6.07, 6.45) is 0.950. The first kappa shape index (κ1) is 12.7. The van der Waals surface area contributed by atoms with Gasteiger partial charge in [-0.25, -0.2) is 0 Å². The topological polar surface area (TPSA) is 36.4 Å². The van der Waals surface area contributed by atoms with Crippen LogP contribution in [0.3, 0.4) is 0 Å². The maximum absolute atomic E-state index is 4.44. The predicted octanol–water partition coefficient (Wildman–Crippen LogP) is 2.52. The Balaban J connectivity index is 1.79. The van der Waals surface area contributed by atoms with Gasteiger partial charge in [0.05, 0.1) is 12.6 Å². The Labute approximate surface area is 119 Å². The number of rotatable bonds is 4. The molecule has 0 aromatic heterocycles. The highest BCUT2D eigenvalue weighted by Gasteiger charge is 2.15. The summed E-state index contributed by atoms with van der Waals surface area (Å²) in [7, 11) is 0. The summed E-state index contributed by atoms with van der Waals surface area (Å²) < 4.78 is 0. The lowest BCUT2D eigenvalue weighted by Gasteiger charge is -2.20. The normalized spacial score (nSPS) is 15.3. The van der Waals surface area contributed by atoms with Crippen LogP contribution in [0, 0.1) is 0 Å². The number of nitrogens with zero attached hydrogens (tertiary/aromatic N) is 1. The fraction of sp³-hybridized carbons (Fsp3) is 0.235. The lowest BCUT2D eigenvalue weighted by molar-refractivity contribution is 0.634. The quantitative estimate of drug-likeness (QED) is 0.891. The molecule has 102 valence electrons. The van der Waals surface area contributed by atoms with Gasteiger partial charge in [-0.1, -0.05) is 60.7 Å². The number of hydrogen-bond acceptors (Lipinski definition) is 3. The minimum Gasteiger partial charge on any atom is -0.355 e. The predicted molar refractivity (Wildman–Crippen MR) is 82.8 cm³/mol. The van der Waals surface area contributed by atoms with Crippen LogP contribution in [0.5, 0.6) is 0 Å². The zero-order valence-electron chi connectivity index (χ0n) is 11.4. The SMILES string of the molecule is c1ccc(C[C@H](NC2=NCCN2)c2ccccc2)cc1. The Morgan fingerprint density at radius 2 is 1.70 bits per heavy atom. The van der Waals surface area contributed by atoms with E-state index in [2.05, 4.69) is 76.3 Å². The van der Waals surface area contributed by atoms with E-state index < -0.39 is 0 Å². The molecule has 0 amide bonds. The van der Waals surface area contributed by atoms with Gasteiger partial charge in [0.1, 0.15) is 0 Å². The average Bonchev–Trinajstić information content (AvgIpc) is 3.02. The lowest BCUT2D eigenvalue weighted by atomic mass is 9.99. The molecule has 0 fully saturated rings. The lowest BCUT2D eigenvalue weighted by Crippen LogP contribution is -2.37. The van der Waals surface area contributed by atoms with E-state index in [1.807, 2.05) is 0 Å². The van der Waals surface area contributed by atoms with Crippen molar-refractivity contribution >= 4 is 5.96 Å². The molecule has 0 unspecified atom stereocenters. The highest BCUT2D eigenvalue weighted by molar-refractivity contribution is 5.81. The third kappa shape index (κ3) is 3.18. The van der Waals surface area contributed by atoms with Gasteiger partial charge in [-0.15, -0.1) is 0 Å². The van der Waals surface area contributed by atoms with Crippen LogP contribution in [0.1, 0.15) is 17.2 Å². The van der Waals surface area contributed by atoms with Gasteiger partial charge >= 0.3 is 0 Å². The van der Waals surface area contributed by atoms with Crippen molar-refractivity contribution in [1.82, 2.24) is 10.6 Å². The fourth-order valence-corrected chi connectivity index (χ4v) is 2.45. The molecule has 0 spiro atoms. The van der Waals surface area contributed by atoms with Crippen LogP contribution < -0.4 is 10.6 Å². The molecule has 2 N–H and O–H groups in total. The number of benzene rings is 2. The summed E-state index contributed by atoms with van der Waals surface area (Å²) in [5.74, 6) is 0.912. The van der Waals surface area contributed by atoms with E-state index in [0.717, 1.165) is 25.5 Å². The maximum Gasteiger partial charge on any atom is 0.191 e. The first-order valence-electron chi connectivity index (χ1n) is 7.05. The molecule has 3 rings (SSSR count). The van der Waals surface area contributed by atoms with E-state index in [0.29, 0.717) is 0 Å². The van der Waals surface area contributed by atoms with E-state index >= 15 is 0 Å². The number of hydrogen-bond donors (Lipinski definition) is 2. The van der Waals surface area contributed by atoms with Crippen molar-refractivity contribution < 1.29 is 0 Å². The summed E-state index contributed by atoms with van der Waals surface area (Å²) in [4.78, 5) is 4.44. The molecule has 1 aliphatic rings. The van der Waals surface area contributed by atoms with Gasteiger partial charge in [0.15, 0.2) is 5.96 Å².